The van der Waals surface area contributed by atoms with Gasteiger partial charge in [-0.1, -0.05) is 20.8 Å². The molecule has 1 aliphatic carbocycles. The van der Waals surface area contributed by atoms with Gasteiger partial charge in [-0.15, -0.1) is 0 Å². The lowest BCUT2D eigenvalue weighted by atomic mass is 9.76. The van der Waals surface area contributed by atoms with Crippen molar-refractivity contribution in [2.45, 2.75) is 39.3 Å². The predicted molar refractivity (Wildman–Crippen MR) is 46.5 cm³/mol. The van der Waals surface area contributed by atoms with Gasteiger partial charge in [0.25, 0.3) is 0 Å². The van der Waals surface area contributed by atoms with E-state index >= 15 is 0 Å². The first-order valence-corrected chi connectivity index (χ1v) is 4.28. The third-order valence-corrected chi connectivity index (χ3v) is 2.03. The molecule has 6 heteroatoms. The molecular weight excluding hydrogens is 176 g/mol. The van der Waals surface area contributed by atoms with Crippen molar-refractivity contribution < 1.29 is 9.85 Å². The first-order chi connectivity index (χ1) is 5.99. The second-order valence-electron chi connectivity index (χ2n) is 3.01. The number of hydrogen-bond acceptors (Lipinski definition) is 4. The number of nitro groups is 2. The van der Waals surface area contributed by atoms with Crippen LogP contribution < -0.4 is 0 Å². The van der Waals surface area contributed by atoms with Crippen LogP contribution in [0.1, 0.15) is 33.6 Å². The van der Waals surface area contributed by atoms with E-state index in [4.69, 9.17) is 0 Å². The van der Waals surface area contributed by atoms with Crippen molar-refractivity contribution >= 4 is 0 Å². The van der Waals surface area contributed by atoms with E-state index in [9.17, 15) is 20.2 Å². The Labute approximate surface area is 76.2 Å². The normalized spacial score (nSPS) is 19.3. The fourth-order valence-electron chi connectivity index (χ4n) is 1.42. The van der Waals surface area contributed by atoms with Crippen LogP contribution in [0.3, 0.4) is 0 Å². The molecule has 0 heterocycles. The zero-order chi connectivity index (χ0) is 10.6. The summed E-state index contributed by atoms with van der Waals surface area (Å²) in [4.78, 5) is 18.9. The molecule has 0 spiro atoms. The molecule has 1 saturated carbocycles. The molecule has 0 radical (unpaired) electrons. The van der Waals surface area contributed by atoms with Crippen LogP contribution in [0.15, 0.2) is 0 Å². The maximum absolute atomic E-state index is 10.3. The van der Waals surface area contributed by atoms with Gasteiger partial charge in [0.1, 0.15) is 0 Å². The summed E-state index contributed by atoms with van der Waals surface area (Å²) in [6, 6.07) is 0. The number of nitrogens with zero attached hydrogens (tertiary/aromatic N) is 2. The van der Waals surface area contributed by atoms with Crippen molar-refractivity contribution in [1.82, 2.24) is 0 Å². The van der Waals surface area contributed by atoms with Gasteiger partial charge in [-0.2, -0.15) is 0 Å². The predicted octanol–water partition coefficient (Wildman–Crippen LogP) is 1.69. The van der Waals surface area contributed by atoms with Crippen LogP contribution in [0.5, 0.6) is 0 Å². The zero-order valence-electron chi connectivity index (χ0n) is 8.02. The smallest absolute Gasteiger partial charge is 0.258 e. The maximum atomic E-state index is 10.3. The molecular formula is C7H14N2O4. The molecule has 0 unspecified atom stereocenters. The second-order valence-corrected chi connectivity index (χ2v) is 3.01. The molecule has 0 aromatic carbocycles. The minimum atomic E-state index is -1.86. The largest absolute Gasteiger partial charge is 0.459 e. The average Bonchev–Trinajstić information content (AvgIpc) is 2.01. The van der Waals surface area contributed by atoms with E-state index < -0.39 is 15.5 Å². The highest BCUT2D eigenvalue weighted by Crippen LogP contribution is 2.40. The van der Waals surface area contributed by atoms with Crippen molar-refractivity contribution in [1.29, 1.82) is 0 Å². The Hall–Kier alpha value is -1.20. The fourth-order valence-corrected chi connectivity index (χ4v) is 1.42. The lowest BCUT2D eigenvalue weighted by Crippen LogP contribution is -2.55. The molecule has 0 aromatic heterocycles. The number of rotatable bonds is 2. The van der Waals surface area contributed by atoms with Gasteiger partial charge in [-0.25, -0.2) is 0 Å². The first kappa shape index (κ1) is 11.8. The summed E-state index contributed by atoms with van der Waals surface area (Å²) in [5.41, 5.74) is -1.86. The lowest BCUT2D eigenvalue weighted by Gasteiger charge is -2.29. The van der Waals surface area contributed by atoms with Crippen molar-refractivity contribution in [3.05, 3.63) is 20.2 Å². The maximum Gasteiger partial charge on any atom is 0.459 e. The summed E-state index contributed by atoms with van der Waals surface area (Å²) in [6.45, 7) is 5.77. The summed E-state index contributed by atoms with van der Waals surface area (Å²) in [6.07, 6.45) is 0.125. The van der Waals surface area contributed by atoms with Crippen LogP contribution in [-0.2, 0) is 0 Å². The standard InChI is InChI=1S/C5H8N2O4.C2H6/c1-4-2-5(3-4,6(8)9)7(10)11;1-2/h4H,2-3H2,1H3;1-2H3. The molecule has 13 heavy (non-hydrogen) atoms. The Kier molecular flexibility index (Phi) is 3.77. The van der Waals surface area contributed by atoms with E-state index in [1.54, 1.807) is 6.92 Å². The molecule has 0 amide bonds. The van der Waals surface area contributed by atoms with Gasteiger partial charge in [0.15, 0.2) is 0 Å². The van der Waals surface area contributed by atoms with Gasteiger partial charge < -0.3 is 0 Å². The monoisotopic (exact) mass is 190 g/mol. The van der Waals surface area contributed by atoms with E-state index in [0.29, 0.717) is 0 Å². The van der Waals surface area contributed by atoms with E-state index in [1.165, 1.54) is 0 Å². The summed E-state index contributed by atoms with van der Waals surface area (Å²) >= 11 is 0. The zero-order valence-corrected chi connectivity index (χ0v) is 8.02. The minimum Gasteiger partial charge on any atom is -0.258 e. The topological polar surface area (TPSA) is 86.3 Å². The van der Waals surface area contributed by atoms with Gasteiger partial charge in [0, 0.05) is 0 Å². The molecule has 0 atom stereocenters. The van der Waals surface area contributed by atoms with Gasteiger partial charge in [0.05, 0.1) is 22.7 Å². The minimum absolute atomic E-state index is 0.0625. The van der Waals surface area contributed by atoms with Gasteiger partial charge in [-0.3, -0.25) is 20.2 Å². The molecule has 1 rings (SSSR count). The SMILES string of the molecule is CC.CC1CC([N+](=O)[O-])([N+](=O)[O-])C1. The van der Waals surface area contributed by atoms with Crippen LogP contribution in [-0.4, -0.2) is 15.5 Å². The first-order valence-electron chi connectivity index (χ1n) is 4.28. The quantitative estimate of drug-likeness (QED) is 0.376. The second kappa shape index (κ2) is 4.15. The Balaban J connectivity index is 0.000000671. The van der Waals surface area contributed by atoms with E-state index in [2.05, 4.69) is 0 Å². The molecule has 6 nitrogen and oxygen atoms in total. The highest BCUT2D eigenvalue weighted by molar-refractivity contribution is 4.83. The van der Waals surface area contributed by atoms with Crippen LogP contribution in [0.4, 0.5) is 0 Å². The fraction of sp³-hybridized carbons (Fsp3) is 1.00. The summed E-state index contributed by atoms with van der Waals surface area (Å²) in [5.74, 6) is 0.103. The van der Waals surface area contributed by atoms with Gasteiger partial charge in [-0.05, 0) is 5.92 Å². The third-order valence-electron chi connectivity index (χ3n) is 2.03. The van der Waals surface area contributed by atoms with Gasteiger partial charge >= 0.3 is 5.66 Å². The Morgan fingerprint density at radius 2 is 1.46 bits per heavy atom. The van der Waals surface area contributed by atoms with Crippen LogP contribution in [0, 0.1) is 26.1 Å². The van der Waals surface area contributed by atoms with Crippen molar-refractivity contribution in [2.24, 2.45) is 5.92 Å². The van der Waals surface area contributed by atoms with Crippen molar-refractivity contribution in [3.8, 4) is 0 Å². The van der Waals surface area contributed by atoms with Crippen molar-refractivity contribution in [2.75, 3.05) is 0 Å². The van der Waals surface area contributed by atoms with Crippen molar-refractivity contribution in [3.63, 3.8) is 0 Å². The Bertz CT molecular complexity index is 195. The molecule has 0 bridgehead atoms. The molecule has 0 aromatic rings. The molecule has 76 valence electrons. The third kappa shape index (κ3) is 1.93. The average molecular weight is 190 g/mol. The molecule has 0 saturated heterocycles. The van der Waals surface area contributed by atoms with Crippen LogP contribution >= 0.6 is 0 Å². The molecule has 0 N–H and O–H groups in total. The summed E-state index contributed by atoms with van der Waals surface area (Å²) in [5, 5.41) is 20.5. The Morgan fingerprint density at radius 3 is 1.54 bits per heavy atom. The highest BCUT2D eigenvalue weighted by atomic mass is 16.7. The summed E-state index contributed by atoms with van der Waals surface area (Å²) < 4.78 is 0. The van der Waals surface area contributed by atoms with E-state index in [1.807, 2.05) is 13.8 Å². The van der Waals surface area contributed by atoms with Gasteiger partial charge in [0.2, 0.25) is 0 Å². The summed E-state index contributed by atoms with van der Waals surface area (Å²) in [7, 11) is 0. The Morgan fingerprint density at radius 1 is 1.15 bits per heavy atom. The molecule has 1 fully saturated rings. The van der Waals surface area contributed by atoms with E-state index in [-0.39, 0.29) is 18.8 Å². The molecule has 1 aliphatic rings. The number of hydrogen-bond donors (Lipinski definition) is 0. The van der Waals surface area contributed by atoms with E-state index in [0.717, 1.165) is 0 Å². The lowest BCUT2D eigenvalue weighted by molar-refractivity contribution is -0.814. The van der Waals surface area contributed by atoms with Crippen LogP contribution in [0.25, 0.3) is 0 Å². The highest BCUT2D eigenvalue weighted by Gasteiger charge is 2.65. The molecule has 0 aliphatic heterocycles. The van der Waals surface area contributed by atoms with Crippen LogP contribution in [0.2, 0.25) is 0 Å².